The van der Waals surface area contributed by atoms with Crippen LogP contribution in [0.15, 0.2) is 36.0 Å². The van der Waals surface area contributed by atoms with Crippen LogP contribution in [0.25, 0.3) is 11.0 Å². The van der Waals surface area contributed by atoms with E-state index in [4.69, 9.17) is 0 Å². The SMILES string of the molecule is Cc1csc(CC(=O)c2ccc3nccnc3c2)n1. The Morgan fingerprint density at radius 2 is 2.00 bits per heavy atom. The monoisotopic (exact) mass is 269 g/mol. The van der Waals surface area contributed by atoms with Crippen molar-refractivity contribution in [2.45, 2.75) is 13.3 Å². The van der Waals surface area contributed by atoms with Gasteiger partial charge in [0.2, 0.25) is 0 Å². The highest BCUT2D eigenvalue weighted by atomic mass is 32.1. The van der Waals surface area contributed by atoms with E-state index in [1.54, 1.807) is 24.5 Å². The minimum Gasteiger partial charge on any atom is -0.294 e. The van der Waals surface area contributed by atoms with E-state index >= 15 is 0 Å². The van der Waals surface area contributed by atoms with E-state index < -0.39 is 0 Å². The first kappa shape index (κ1) is 11.9. The lowest BCUT2D eigenvalue weighted by molar-refractivity contribution is 0.0993. The summed E-state index contributed by atoms with van der Waals surface area (Å²) in [7, 11) is 0. The van der Waals surface area contributed by atoms with Crippen LogP contribution in [0.3, 0.4) is 0 Å². The first-order chi connectivity index (χ1) is 9.22. The quantitative estimate of drug-likeness (QED) is 0.686. The van der Waals surface area contributed by atoms with Gasteiger partial charge in [-0.1, -0.05) is 0 Å². The van der Waals surface area contributed by atoms with Gasteiger partial charge >= 0.3 is 0 Å². The van der Waals surface area contributed by atoms with Gasteiger partial charge in [0.1, 0.15) is 5.01 Å². The number of ketones is 1. The Bertz CT molecular complexity index is 751. The molecule has 4 nitrogen and oxygen atoms in total. The molecule has 0 fully saturated rings. The smallest absolute Gasteiger partial charge is 0.169 e. The summed E-state index contributed by atoms with van der Waals surface area (Å²) in [5.41, 5.74) is 3.14. The van der Waals surface area contributed by atoms with E-state index in [1.807, 2.05) is 18.4 Å². The van der Waals surface area contributed by atoms with E-state index in [2.05, 4.69) is 15.0 Å². The Morgan fingerprint density at radius 3 is 2.74 bits per heavy atom. The van der Waals surface area contributed by atoms with Gasteiger partial charge in [-0.25, -0.2) is 4.98 Å². The van der Waals surface area contributed by atoms with Crippen LogP contribution in [0.1, 0.15) is 21.1 Å². The van der Waals surface area contributed by atoms with Crippen molar-refractivity contribution in [2.24, 2.45) is 0 Å². The lowest BCUT2D eigenvalue weighted by atomic mass is 10.1. The number of Topliss-reactive ketones (excluding diaryl/α,β-unsaturated/α-hetero) is 1. The maximum atomic E-state index is 12.2. The van der Waals surface area contributed by atoms with Gasteiger partial charge in [-0.05, 0) is 25.1 Å². The Labute approximate surface area is 114 Å². The fraction of sp³-hybridized carbons (Fsp3) is 0.143. The number of carbonyl (C=O) groups excluding carboxylic acids is 1. The number of fused-ring (bicyclic) bond motifs is 1. The second kappa shape index (κ2) is 4.85. The van der Waals surface area contributed by atoms with Gasteiger partial charge in [0.25, 0.3) is 0 Å². The zero-order valence-electron chi connectivity index (χ0n) is 10.3. The van der Waals surface area contributed by atoms with Crippen LogP contribution in [-0.4, -0.2) is 20.7 Å². The van der Waals surface area contributed by atoms with E-state index in [0.717, 1.165) is 21.7 Å². The molecule has 2 heterocycles. The molecule has 0 N–H and O–H groups in total. The van der Waals surface area contributed by atoms with Crippen LogP contribution in [0.5, 0.6) is 0 Å². The van der Waals surface area contributed by atoms with Crippen LogP contribution in [0.2, 0.25) is 0 Å². The third-order valence-corrected chi connectivity index (χ3v) is 3.74. The number of hydrogen-bond acceptors (Lipinski definition) is 5. The van der Waals surface area contributed by atoms with E-state index in [9.17, 15) is 4.79 Å². The minimum absolute atomic E-state index is 0.0573. The van der Waals surface area contributed by atoms with Crippen molar-refractivity contribution in [1.29, 1.82) is 0 Å². The zero-order valence-corrected chi connectivity index (χ0v) is 11.1. The van der Waals surface area contributed by atoms with Gasteiger partial charge in [0.05, 0.1) is 17.5 Å². The van der Waals surface area contributed by atoms with E-state index in [1.165, 1.54) is 11.3 Å². The number of aryl methyl sites for hydroxylation is 1. The molecule has 2 aromatic heterocycles. The maximum Gasteiger partial charge on any atom is 0.169 e. The lowest BCUT2D eigenvalue weighted by Gasteiger charge is -2.00. The molecule has 1 aromatic carbocycles. The van der Waals surface area contributed by atoms with Crippen LogP contribution in [0, 0.1) is 6.92 Å². The van der Waals surface area contributed by atoms with Crippen molar-refractivity contribution in [3.8, 4) is 0 Å². The molecule has 0 bridgehead atoms. The molecule has 0 aliphatic carbocycles. The zero-order chi connectivity index (χ0) is 13.2. The molecule has 0 aliphatic heterocycles. The molecule has 0 atom stereocenters. The number of benzene rings is 1. The normalized spacial score (nSPS) is 10.8. The van der Waals surface area contributed by atoms with Crippen LogP contribution < -0.4 is 0 Å². The van der Waals surface area contributed by atoms with Gasteiger partial charge in [-0.15, -0.1) is 11.3 Å². The number of hydrogen-bond donors (Lipinski definition) is 0. The molecule has 0 amide bonds. The standard InChI is InChI=1S/C14H11N3OS/c1-9-8-19-14(17-9)7-13(18)10-2-3-11-12(6-10)16-5-4-15-11/h2-6,8H,7H2,1H3. The summed E-state index contributed by atoms with van der Waals surface area (Å²) in [6, 6.07) is 5.40. The molecule has 0 spiro atoms. The van der Waals surface area contributed by atoms with Crippen LogP contribution in [-0.2, 0) is 6.42 Å². The summed E-state index contributed by atoms with van der Waals surface area (Å²) in [5.74, 6) is 0.0573. The van der Waals surface area contributed by atoms with Crippen molar-refractivity contribution in [3.63, 3.8) is 0 Å². The molecule has 0 aliphatic rings. The summed E-state index contributed by atoms with van der Waals surface area (Å²) >= 11 is 1.52. The average Bonchev–Trinajstić information content (AvgIpc) is 2.83. The molecule has 0 unspecified atom stereocenters. The Kier molecular flexibility index (Phi) is 3.05. The number of nitrogens with zero attached hydrogens (tertiary/aromatic N) is 3. The van der Waals surface area contributed by atoms with Crippen LogP contribution >= 0.6 is 11.3 Å². The third-order valence-electron chi connectivity index (χ3n) is 2.77. The molecule has 0 saturated carbocycles. The predicted molar refractivity (Wildman–Crippen MR) is 74.4 cm³/mol. The van der Waals surface area contributed by atoms with Crippen molar-refractivity contribution < 1.29 is 4.79 Å². The number of aromatic nitrogens is 3. The molecule has 19 heavy (non-hydrogen) atoms. The molecular weight excluding hydrogens is 258 g/mol. The molecule has 0 saturated heterocycles. The highest BCUT2D eigenvalue weighted by molar-refractivity contribution is 7.09. The summed E-state index contributed by atoms with van der Waals surface area (Å²) in [6.45, 7) is 1.93. The molecule has 94 valence electrons. The van der Waals surface area contributed by atoms with Gasteiger partial charge in [-0.3, -0.25) is 14.8 Å². The van der Waals surface area contributed by atoms with Crippen molar-refractivity contribution >= 4 is 28.2 Å². The van der Waals surface area contributed by atoms with E-state index in [-0.39, 0.29) is 5.78 Å². The average molecular weight is 269 g/mol. The Hall–Kier alpha value is -2.14. The van der Waals surface area contributed by atoms with Crippen molar-refractivity contribution in [1.82, 2.24) is 15.0 Å². The highest BCUT2D eigenvalue weighted by Crippen LogP contribution is 2.15. The predicted octanol–water partition coefficient (Wildman–Crippen LogP) is 2.82. The lowest BCUT2D eigenvalue weighted by Crippen LogP contribution is -2.03. The third kappa shape index (κ3) is 2.51. The second-order valence-corrected chi connectivity index (χ2v) is 5.19. The van der Waals surface area contributed by atoms with Gasteiger partial charge < -0.3 is 0 Å². The molecule has 3 rings (SSSR count). The van der Waals surface area contributed by atoms with Crippen LogP contribution in [0.4, 0.5) is 0 Å². The summed E-state index contributed by atoms with van der Waals surface area (Å²) in [6.07, 6.45) is 3.60. The summed E-state index contributed by atoms with van der Waals surface area (Å²) in [4.78, 5) is 24.9. The first-order valence-corrected chi connectivity index (χ1v) is 6.75. The van der Waals surface area contributed by atoms with Crippen molar-refractivity contribution in [2.75, 3.05) is 0 Å². The minimum atomic E-state index is 0.0573. The fourth-order valence-electron chi connectivity index (χ4n) is 1.86. The topological polar surface area (TPSA) is 55.7 Å². The van der Waals surface area contributed by atoms with E-state index in [0.29, 0.717) is 12.0 Å². The molecule has 3 aromatic rings. The number of thiazole rings is 1. The highest BCUT2D eigenvalue weighted by Gasteiger charge is 2.10. The first-order valence-electron chi connectivity index (χ1n) is 5.87. The Morgan fingerprint density at radius 1 is 1.21 bits per heavy atom. The largest absolute Gasteiger partial charge is 0.294 e. The summed E-state index contributed by atoms with van der Waals surface area (Å²) < 4.78 is 0. The number of carbonyl (C=O) groups is 1. The van der Waals surface area contributed by atoms with Gasteiger partial charge in [0.15, 0.2) is 5.78 Å². The molecule has 0 radical (unpaired) electrons. The van der Waals surface area contributed by atoms with Gasteiger partial charge in [0, 0.05) is 29.0 Å². The fourth-order valence-corrected chi connectivity index (χ4v) is 2.63. The maximum absolute atomic E-state index is 12.2. The second-order valence-electron chi connectivity index (χ2n) is 4.24. The number of rotatable bonds is 3. The van der Waals surface area contributed by atoms with Crippen molar-refractivity contribution in [3.05, 3.63) is 52.2 Å². The molecular formula is C14H11N3OS. The summed E-state index contributed by atoms with van der Waals surface area (Å²) in [5, 5.41) is 2.80. The molecule has 5 heteroatoms. The van der Waals surface area contributed by atoms with Gasteiger partial charge in [-0.2, -0.15) is 0 Å². The Balaban J connectivity index is 1.89.